The highest BCUT2D eigenvalue weighted by molar-refractivity contribution is 5.81. The molecule has 1 aromatic carbocycles. The summed E-state index contributed by atoms with van der Waals surface area (Å²) in [6.07, 6.45) is 0. The maximum Gasteiger partial charge on any atom is 0.239 e. The van der Waals surface area contributed by atoms with Crippen LogP contribution in [0.15, 0.2) is 24.3 Å². The molecule has 2 fully saturated rings. The van der Waals surface area contributed by atoms with Gasteiger partial charge in [0, 0.05) is 26.7 Å². The minimum Gasteiger partial charge on any atom is -0.492 e. The van der Waals surface area contributed by atoms with Crippen LogP contribution >= 0.6 is 0 Å². The fourth-order valence-corrected chi connectivity index (χ4v) is 3.07. The maximum atomic E-state index is 12.0. The van der Waals surface area contributed by atoms with E-state index < -0.39 is 11.2 Å². The van der Waals surface area contributed by atoms with Crippen molar-refractivity contribution in [3.05, 3.63) is 24.3 Å². The van der Waals surface area contributed by atoms with E-state index in [-0.39, 0.29) is 11.9 Å². The number of likely N-dealkylation sites (N-methyl/N-ethyl adjacent to an activating group) is 1. The first-order valence-electron chi connectivity index (χ1n) is 9.51. The van der Waals surface area contributed by atoms with Gasteiger partial charge in [0.25, 0.3) is 0 Å². The molecule has 7 heteroatoms. The Morgan fingerprint density at radius 3 is 2.26 bits per heavy atom. The predicted molar refractivity (Wildman–Crippen MR) is 103 cm³/mol. The molecule has 3 rings (SSSR count). The molecule has 0 unspecified atom stereocenters. The van der Waals surface area contributed by atoms with Crippen molar-refractivity contribution in [1.82, 2.24) is 9.80 Å². The molecule has 0 N–H and O–H groups in total. The summed E-state index contributed by atoms with van der Waals surface area (Å²) in [6, 6.07) is 7.53. The molecule has 150 valence electrons. The van der Waals surface area contributed by atoms with E-state index in [9.17, 15) is 4.79 Å². The van der Waals surface area contributed by atoms with Crippen molar-refractivity contribution < 1.29 is 19.2 Å². The van der Waals surface area contributed by atoms with Crippen molar-refractivity contribution in [3.8, 4) is 5.75 Å². The molecule has 0 bridgehead atoms. The van der Waals surface area contributed by atoms with E-state index in [2.05, 4.69) is 4.90 Å². The Labute approximate surface area is 161 Å². The first-order valence-corrected chi connectivity index (χ1v) is 9.51. The lowest BCUT2D eigenvalue weighted by molar-refractivity contribution is -0.139. The number of benzene rings is 1. The van der Waals surface area contributed by atoms with Crippen LogP contribution in [-0.4, -0.2) is 66.2 Å². The van der Waals surface area contributed by atoms with Gasteiger partial charge in [-0.1, -0.05) is 0 Å². The van der Waals surface area contributed by atoms with Crippen LogP contribution < -0.4 is 9.96 Å². The number of carbonyl (C=O) groups excluding carboxylic acids is 1. The molecule has 2 saturated heterocycles. The summed E-state index contributed by atoms with van der Waals surface area (Å²) in [5.41, 5.74) is -0.0169. The van der Waals surface area contributed by atoms with Gasteiger partial charge in [-0.25, -0.2) is 9.68 Å². The summed E-state index contributed by atoms with van der Waals surface area (Å²) in [4.78, 5) is 27.8. The lowest BCUT2D eigenvalue weighted by Crippen LogP contribution is -2.55. The fourth-order valence-electron chi connectivity index (χ4n) is 3.07. The fraction of sp³-hybridized carbons (Fsp3) is 0.650. The van der Waals surface area contributed by atoms with Crippen molar-refractivity contribution in [3.63, 3.8) is 0 Å². The lowest BCUT2D eigenvalue weighted by atomic mass is 9.90. The van der Waals surface area contributed by atoms with Crippen LogP contribution in [0.5, 0.6) is 5.75 Å². The first kappa shape index (κ1) is 19.9. The SMILES string of the molecule is C[C@@H]1C(=O)N(C)CCN1CCOc1ccc(N2OC(C)(C)C(C)(C)O2)cc1. The standard InChI is InChI=1S/C20H31N3O4/c1-15-18(24)21(6)11-12-22(15)13-14-25-17-9-7-16(8-10-17)23-26-19(2,3)20(4,5)27-23/h7-10,15H,11-14H2,1-6H3/t15-/m1/s1. The molecule has 0 spiro atoms. The smallest absolute Gasteiger partial charge is 0.239 e. The second kappa shape index (κ2) is 7.30. The molecule has 0 aliphatic carbocycles. The highest BCUT2D eigenvalue weighted by atomic mass is 17.0. The van der Waals surface area contributed by atoms with Gasteiger partial charge in [0.15, 0.2) is 0 Å². The molecule has 1 aromatic rings. The molecule has 1 amide bonds. The molecule has 0 radical (unpaired) electrons. The van der Waals surface area contributed by atoms with E-state index in [0.29, 0.717) is 6.61 Å². The number of hydrogen-bond donors (Lipinski definition) is 0. The number of anilines is 1. The number of amides is 1. The van der Waals surface area contributed by atoms with E-state index >= 15 is 0 Å². The Kier molecular flexibility index (Phi) is 5.38. The highest BCUT2D eigenvalue weighted by Gasteiger charge is 2.50. The minimum absolute atomic E-state index is 0.0918. The highest BCUT2D eigenvalue weighted by Crippen LogP contribution is 2.40. The number of ether oxygens (including phenoxy) is 1. The van der Waals surface area contributed by atoms with Crippen LogP contribution in [0.1, 0.15) is 34.6 Å². The number of piperazine rings is 1. The normalized spacial score (nSPS) is 25.1. The van der Waals surface area contributed by atoms with Gasteiger partial charge in [0.2, 0.25) is 5.91 Å². The van der Waals surface area contributed by atoms with Crippen molar-refractivity contribution in [2.24, 2.45) is 0 Å². The quantitative estimate of drug-likeness (QED) is 0.786. The summed E-state index contributed by atoms with van der Waals surface area (Å²) in [6.45, 7) is 12.9. The summed E-state index contributed by atoms with van der Waals surface area (Å²) in [5, 5.41) is 1.47. The second-order valence-electron chi connectivity index (χ2n) is 8.27. The molecule has 0 aromatic heterocycles. The van der Waals surface area contributed by atoms with E-state index in [4.69, 9.17) is 14.4 Å². The Morgan fingerprint density at radius 1 is 1.07 bits per heavy atom. The van der Waals surface area contributed by atoms with Crippen LogP contribution in [0.2, 0.25) is 0 Å². The molecule has 27 heavy (non-hydrogen) atoms. The van der Waals surface area contributed by atoms with E-state index in [1.807, 2.05) is 65.9 Å². The molecule has 2 aliphatic rings. The van der Waals surface area contributed by atoms with Crippen molar-refractivity contribution >= 4 is 11.6 Å². The third kappa shape index (κ3) is 4.05. The predicted octanol–water partition coefficient (Wildman–Crippen LogP) is 2.47. The second-order valence-corrected chi connectivity index (χ2v) is 8.27. The zero-order valence-corrected chi connectivity index (χ0v) is 17.2. The first-order chi connectivity index (χ1) is 12.6. The van der Waals surface area contributed by atoms with E-state index in [1.165, 1.54) is 5.23 Å². The molecule has 1 atom stereocenters. The summed E-state index contributed by atoms with van der Waals surface area (Å²) in [5.74, 6) is 0.951. The monoisotopic (exact) mass is 377 g/mol. The summed E-state index contributed by atoms with van der Waals surface area (Å²) < 4.78 is 5.85. The van der Waals surface area contributed by atoms with Gasteiger partial charge in [-0.2, -0.15) is 0 Å². The molecule has 2 aliphatic heterocycles. The molecule has 0 saturated carbocycles. The Hall–Kier alpha value is -1.83. The van der Waals surface area contributed by atoms with Crippen LogP contribution in [0.25, 0.3) is 0 Å². The van der Waals surface area contributed by atoms with E-state index in [0.717, 1.165) is 31.1 Å². The van der Waals surface area contributed by atoms with Gasteiger partial charge in [0.1, 0.15) is 23.6 Å². The van der Waals surface area contributed by atoms with Crippen LogP contribution in [0.4, 0.5) is 5.69 Å². The molecular formula is C20H31N3O4. The third-order valence-electron chi connectivity index (χ3n) is 5.77. The zero-order valence-electron chi connectivity index (χ0n) is 17.2. The Balaban J connectivity index is 1.51. The van der Waals surface area contributed by atoms with Gasteiger partial charge in [-0.15, -0.1) is 5.23 Å². The molecule has 2 heterocycles. The Morgan fingerprint density at radius 2 is 1.67 bits per heavy atom. The summed E-state index contributed by atoms with van der Waals surface area (Å²) in [7, 11) is 1.85. The van der Waals surface area contributed by atoms with Crippen molar-refractivity contribution in [1.29, 1.82) is 0 Å². The summed E-state index contributed by atoms with van der Waals surface area (Å²) >= 11 is 0. The largest absolute Gasteiger partial charge is 0.492 e. The van der Waals surface area contributed by atoms with Gasteiger partial charge in [0.05, 0.1) is 11.7 Å². The van der Waals surface area contributed by atoms with Crippen molar-refractivity contribution in [2.75, 3.05) is 38.5 Å². The maximum absolute atomic E-state index is 12.0. The van der Waals surface area contributed by atoms with Crippen LogP contribution in [-0.2, 0) is 14.5 Å². The number of rotatable bonds is 5. The van der Waals surface area contributed by atoms with Gasteiger partial charge in [-0.3, -0.25) is 9.69 Å². The van der Waals surface area contributed by atoms with Gasteiger partial charge < -0.3 is 9.64 Å². The third-order valence-corrected chi connectivity index (χ3v) is 5.77. The van der Waals surface area contributed by atoms with Crippen LogP contribution in [0.3, 0.4) is 0 Å². The zero-order chi connectivity index (χ0) is 19.8. The number of nitrogens with zero attached hydrogens (tertiary/aromatic N) is 3. The van der Waals surface area contributed by atoms with E-state index in [1.54, 1.807) is 4.90 Å². The topological polar surface area (TPSA) is 54.5 Å². The molecular weight excluding hydrogens is 346 g/mol. The van der Waals surface area contributed by atoms with Gasteiger partial charge >= 0.3 is 0 Å². The number of carbonyl (C=O) groups is 1. The van der Waals surface area contributed by atoms with Crippen molar-refractivity contribution in [2.45, 2.75) is 51.9 Å². The molecule has 7 nitrogen and oxygen atoms in total. The average molecular weight is 377 g/mol. The van der Waals surface area contributed by atoms with Crippen LogP contribution in [0, 0.1) is 0 Å². The minimum atomic E-state index is -0.418. The van der Waals surface area contributed by atoms with Gasteiger partial charge in [-0.05, 0) is 58.9 Å². The lowest BCUT2D eigenvalue weighted by Gasteiger charge is -2.37. The average Bonchev–Trinajstić information content (AvgIpc) is 2.83. The Bertz CT molecular complexity index is 658. The number of hydrogen-bond acceptors (Lipinski definition) is 6.